The van der Waals surface area contributed by atoms with Gasteiger partial charge in [0.05, 0.1) is 12.2 Å². The van der Waals surface area contributed by atoms with Gasteiger partial charge in [-0.1, -0.05) is 6.07 Å². The van der Waals surface area contributed by atoms with E-state index in [2.05, 4.69) is 10.3 Å². The number of benzene rings is 1. The summed E-state index contributed by atoms with van der Waals surface area (Å²) < 4.78 is 28.0. The van der Waals surface area contributed by atoms with Gasteiger partial charge in [-0.05, 0) is 37.5 Å². The van der Waals surface area contributed by atoms with Gasteiger partial charge in [0.1, 0.15) is 0 Å². The summed E-state index contributed by atoms with van der Waals surface area (Å²) in [6, 6.07) is 4.48. The van der Waals surface area contributed by atoms with Gasteiger partial charge in [0.2, 0.25) is 5.95 Å². The van der Waals surface area contributed by atoms with E-state index in [-0.39, 0.29) is 0 Å². The molecule has 5 heteroatoms. The van der Waals surface area contributed by atoms with Crippen molar-refractivity contribution in [2.24, 2.45) is 0 Å². The molecule has 0 amide bonds. The lowest BCUT2D eigenvalue weighted by molar-refractivity contribution is 0.506. The summed E-state index contributed by atoms with van der Waals surface area (Å²) >= 11 is 0. The Kier molecular flexibility index (Phi) is 2.97. The topological polar surface area (TPSA) is 29.9 Å². The normalized spacial score (nSPS) is 14.7. The Balaban J connectivity index is 1.83. The van der Waals surface area contributed by atoms with E-state index >= 15 is 0 Å². The molecular weight excluding hydrogens is 248 g/mol. The van der Waals surface area contributed by atoms with E-state index in [0.29, 0.717) is 12.6 Å². The fraction of sp³-hybridized carbons (Fsp3) is 0.357. The van der Waals surface area contributed by atoms with Crippen LogP contribution in [0.1, 0.15) is 24.1 Å². The first kappa shape index (κ1) is 12.1. The highest BCUT2D eigenvalue weighted by molar-refractivity contribution is 5.33. The molecule has 0 aliphatic heterocycles. The van der Waals surface area contributed by atoms with Gasteiger partial charge >= 0.3 is 0 Å². The Morgan fingerprint density at radius 1 is 1.32 bits per heavy atom. The molecule has 0 spiro atoms. The number of hydrogen-bond donors (Lipinski definition) is 1. The lowest BCUT2D eigenvalue weighted by atomic mass is 10.2. The highest BCUT2D eigenvalue weighted by Gasteiger charge is 2.23. The van der Waals surface area contributed by atoms with Crippen LogP contribution in [-0.4, -0.2) is 15.6 Å². The fourth-order valence-electron chi connectivity index (χ4n) is 2.03. The molecule has 1 N–H and O–H groups in total. The highest BCUT2D eigenvalue weighted by Crippen LogP contribution is 2.24. The molecule has 3 rings (SSSR count). The Morgan fingerprint density at radius 2 is 2.11 bits per heavy atom. The molecule has 19 heavy (non-hydrogen) atoms. The summed E-state index contributed by atoms with van der Waals surface area (Å²) in [5, 5.41) is 3.34. The molecule has 1 aliphatic carbocycles. The molecule has 3 nitrogen and oxygen atoms in total. The second kappa shape index (κ2) is 4.64. The zero-order valence-electron chi connectivity index (χ0n) is 10.7. The van der Waals surface area contributed by atoms with Gasteiger partial charge in [-0.25, -0.2) is 13.8 Å². The number of hydrogen-bond acceptors (Lipinski definition) is 2. The third kappa shape index (κ3) is 2.75. The molecule has 0 bridgehead atoms. The summed E-state index contributed by atoms with van der Waals surface area (Å²) in [6.45, 7) is 2.40. The van der Waals surface area contributed by atoms with Crippen molar-refractivity contribution in [3.8, 4) is 0 Å². The maximum Gasteiger partial charge on any atom is 0.203 e. The second-order valence-corrected chi connectivity index (χ2v) is 5.00. The Morgan fingerprint density at radius 3 is 2.79 bits per heavy atom. The number of imidazole rings is 1. The first-order valence-corrected chi connectivity index (χ1v) is 6.36. The third-order valence-corrected chi connectivity index (χ3v) is 3.14. The van der Waals surface area contributed by atoms with Crippen LogP contribution in [0.2, 0.25) is 0 Å². The molecule has 1 aromatic carbocycles. The third-order valence-electron chi connectivity index (χ3n) is 3.14. The van der Waals surface area contributed by atoms with Gasteiger partial charge in [-0.15, -0.1) is 0 Å². The summed E-state index contributed by atoms with van der Waals surface area (Å²) in [7, 11) is 0. The molecule has 1 aromatic heterocycles. The van der Waals surface area contributed by atoms with Crippen molar-refractivity contribution in [2.75, 3.05) is 5.32 Å². The Labute approximate surface area is 110 Å². The number of nitrogens with zero attached hydrogens (tertiary/aromatic N) is 2. The van der Waals surface area contributed by atoms with E-state index < -0.39 is 11.6 Å². The number of nitrogens with one attached hydrogen (secondary N) is 1. The zero-order chi connectivity index (χ0) is 13.4. The van der Waals surface area contributed by atoms with Crippen molar-refractivity contribution < 1.29 is 8.78 Å². The van der Waals surface area contributed by atoms with Gasteiger partial charge in [-0.2, -0.15) is 0 Å². The SMILES string of the molecule is Cc1cn(Cc2ccc(F)c(F)c2)c(NC2CC2)n1. The molecule has 1 saturated carbocycles. The minimum absolute atomic E-state index is 0.479. The second-order valence-electron chi connectivity index (χ2n) is 5.00. The van der Waals surface area contributed by atoms with Crippen molar-refractivity contribution in [2.45, 2.75) is 32.4 Å². The van der Waals surface area contributed by atoms with Crippen LogP contribution in [0.4, 0.5) is 14.7 Å². The molecule has 2 aromatic rings. The number of aromatic nitrogens is 2. The first-order valence-electron chi connectivity index (χ1n) is 6.36. The monoisotopic (exact) mass is 263 g/mol. The maximum absolute atomic E-state index is 13.2. The smallest absolute Gasteiger partial charge is 0.203 e. The van der Waals surface area contributed by atoms with Crippen molar-refractivity contribution in [3.63, 3.8) is 0 Å². The minimum Gasteiger partial charge on any atom is -0.353 e. The minimum atomic E-state index is -0.818. The van der Waals surface area contributed by atoms with E-state index in [9.17, 15) is 8.78 Å². The molecule has 0 saturated heterocycles. The van der Waals surface area contributed by atoms with Crippen molar-refractivity contribution in [3.05, 3.63) is 47.3 Å². The van der Waals surface area contributed by atoms with E-state index in [1.165, 1.54) is 6.07 Å². The Bertz CT molecular complexity index is 603. The van der Waals surface area contributed by atoms with Crippen LogP contribution in [0.3, 0.4) is 0 Å². The van der Waals surface area contributed by atoms with Crippen molar-refractivity contribution in [1.82, 2.24) is 9.55 Å². The molecule has 1 heterocycles. The van der Waals surface area contributed by atoms with E-state index in [0.717, 1.165) is 36.1 Å². The van der Waals surface area contributed by atoms with Crippen LogP contribution in [0.15, 0.2) is 24.4 Å². The lowest BCUT2D eigenvalue weighted by Crippen LogP contribution is -2.09. The van der Waals surface area contributed by atoms with Crippen molar-refractivity contribution >= 4 is 5.95 Å². The van der Waals surface area contributed by atoms with Crippen LogP contribution < -0.4 is 5.32 Å². The van der Waals surface area contributed by atoms with Crippen LogP contribution in [0.25, 0.3) is 0 Å². The number of halogens is 2. The van der Waals surface area contributed by atoms with Crippen LogP contribution in [0, 0.1) is 18.6 Å². The van der Waals surface area contributed by atoms with Crippen molar-refractivity contribution in [1.29, 1.82) is 0 Å². The molecular formula is C14H15F2N3. The van der Waals surface area contributed by atoms with Crippen LogP contribution in [-0.2, 0) is 6.54 Å². The number of rotatable bonds is 4. The first-order chi connectivity index (χ1) is 9.11. The molecule has 1 aliphatic rings. The summed E-state index contributed by atoms with van der Waals surface area (Å²) in [4.78, 5) is 4.41. The lowest BCUT2D eigenvalue weighted by Gasteiger charge is -2.09. The average Bonchev–Trinajstić information content (AvgIpc) is 3.10. The van der Waals surface area contributed by atoms with Gasteiger partial charge in [0, 0.05) is 12.2 Å². The summed E-state index contributed by atoms with van der Waals surface area (Å²) in [5.41, 5.74) is 1.63. The van der Waals surface area contributed by atoms with Gasteiger partial charge in [0.25, 0.3) is 0 Å². The predicted octanol–water partition coefficient (Wildman–Crippen LogP) is 3.09. The van der Waals surface area contributed by atoms with E-state index in [1.54, 1.807) is 6.07 Å². The Hall–Kier alpha value is -1.91. The maximum atomic E-state index is 13.2. The summed E-state index contributed by atoms with van der Waals surface area (Å²) in [6.07, 6.45) is 4.24. The standard InChI is InChI=1S/C14H15F2N3/c1-9-7-19(14(17-9)18-11-3-4-11)8-10-2-5-12(15)13(16)6-10/h2,5-7,11H,3-4,8H2,1H3,(H,17,18). The van der Waals surface area contributed by atoms with Gasteiger partial charge in [0.15, 0.2) is 11.6 Å². The number of anilines is 1. The molecule has 0 unspecified atom stereocenters. The molecule has 0 atom stereocenters. The predicted molar refractivity (Wildman–Crippen MR) is 69.1 cm³/mol. The summed E-state index contributed by atoms with van der Waals surface area (Å²) in [5.74, 6) is -0.835. The molecule has 1 fully saturated rings. The largest absolute Gasteiger partial charge is 0.353 e. The van der Waals surface area contributed by atoms with Gasteiger partial charge in [-0.3, -0.25) is 0 Å². The molecule has 0 radical (unpaired) electrons. The zero-order valence-corrected chi connectivity index (χ0v) is 10.7. The fourth-order valence-corrected chi connectivity index (χ4v) is 2.03. The molecule has 100 valence electrons. The van der Waals surface area contributed by atoms with Gasteiger partial charge < -0.3 is 9.88 Å². The van der Waals surface area contributed by atoms with E-state index in [4.69, 9.17) is 0 Å². The van der Waals surface area contributed by atoms with Crippen LogP contribution >= 0.6 is 0 Å². The average molecular weight is 263 g/mol. The highest BCUT2D eigenvalue weighted by atomic mass is 19.2. The van der Waals surface area contributed by atoms with E-state index in [1.807, 2.05) is 17.7 Å². The number of aryl methyl sites for hydroxylation is 1. The van der Waals surface area contributed by atoms with Crippen LogP contribution in [0.5, 0.6) is 0 Å². The quantitative estimate of drug-likeness (QED) is 0.918.